The average Bonchev–Trinajstić information content (AvgIpc) is 3.50. The number of carbonyl (C=O) groups is 2. The van der Waals surface area contributed by atoms with E-state index < -0.39 is 6.04 Å². The third-order valence-electron chi connectivity index (χ3n) is 6.02. The number of benzene rings is 2. The summed E-state index contributed by atoms with van der Waals surface area (Å²) in [6, 6.07) is 13.1. The van der Waals surface area contributed by atoms with Gasteiger partial charge < -0.3 is 24.3 Å². The number of likely N-dealkylation sites (tertiary alicyclic amines) is 1. The van der Waals surface area contributed by atoms with Crippen LogP contribution in [0.3, 0.4) is 0 Å². The summed E-state index contributed by atoms with van der Waals surface area (Å²) in [7, 11) is 0. The van der Waals surface area contributed by atoms with Crippen molar-refractivity contribution in [1.82, 2.24) is 19.8 Å². The second-order valence-corrected chi connectivity index (χ2v) is 8.15. The molecule has 1 unspecified atom stereocenters. The van der Waals surface area contributed by atoms with Gasteiger partial charge in [-0.25, -0.2) is 4.98 Å². The molecule has 0 radical (unpaired) electrons. The number of ether oxygens (including phenoxy) is 2. The molecule has 0 spiro atoms. The zero-order valence-corrected chi connectivity index (χ0v) is 18.0. The maximum atomic E-state index is 13.0. The van der Waals surface area contributed by atoms with E-state index in [2.05, 4.69) is 16.8 Å². The van der Waals surface area contributed by atoms with Crippen LogP contribution >= 0.6 is 0 Å². The first-order chi connectivity index (χ1) is 15.6. The Hall–Kier alpha value is -3.55. The molecule has 0 saturated carbocycles. The van der Waals surface area contributed by atoms with Crippen LogP contribution in [0.4, 0.5) is 0 Å². The third kappa shape index (κ3) is 3.77. The van der Waals surface area contributed by atoms with Crippen molar-refractivity contribution in [1.29, 1.82) is 0 Å². The quantitative estimate of drug-likeness (QED) is 0.618. The van der Waals surface area contributed by atoms with Crippen molar-refractivity contribution in [3.63, 3.8) is 0 Å². The Kier molecular flexibility index (Phi) is 5.43. The predicted octanol–water partition coefficient (Wildman–Crippen LogP) is 2.98. The van der Waals surface area contributed by atoms with Gasteiger partial charge in [0.2, 0.25) is 18.6 Å². The summed E-state index contributed by atoms with van der Waals surface area (Å²) < 4.78 is 12.9. The van der Waals surface area contributed by atoms with Gasteiger partial charge in [0.25, 0.3) is 0 Å². The van der Waals surface area contributed by atoms with Gasteiger partial charge in [0.1, 0.15) is 11.9 Å². The molecule has 1 fully saturated rings. The first kappa shape index (κ1) is 20.4. The minimum atomic E-state index is -0.489. The SMILES string of the molecule is CCCn1c(CNC(=O)C2CCC(=O)N2Cc2ccc3c(c2)OCO3)nc2ccccc21. The zero-order chi connectivity index (χ0) is 22.1. The van der Waals surface area contributed by atoms with Crippen LogP contribution in [0, 0.1) is 0 Å². The number of para-hydroxylation sites is 2. The topological polar surface area (TPSA) is 85.7 Å². The number of amides is 2. The Morgan fingerprint density at radius 2 is 2.03 bits per heavy atom. The highest BCUT2D eigenvalue weighted by Crippen LogP contribution is 2.33. The van der Waals surface area contributed by atoms with E-state index in [4.69, 9.17) is 14.5 Å². The summed E-state index contributed by atoms with van der Waals surface area (Å²) in [6.07, 6.45) is 1.86. The molecule has 2 aliphatic rings. The van der Waals surface area contributed by atoms with E-state index in [-0.39, 0.29) is 18.6 Å². The van der Waals surface area contributed by atoms with Gasteiger partial charge in [0, 0.05) is 19.5 Å². The number of carbonyl (C=O) groups excluding carboxylic acids is 2. The van der Waals surface area contributed by atoms with Crippen LogP contribution in [0.1, 0.15) is 37.6 Å². The summed E-state index contributed by atoms with van der Waals surface area (Å²) in [5.74, 6) is 2.04. The number of nitrogens with one attached hydrogen (secondary N) is 1. The number of rotatable bonds is 7. The summed E-state index contributed by atoms with van der Waals surface area (Å²) in [5.41, 5.74) is 2.90. The lowest BCUT2D eigenvalue weighted by Gasteiger charge is -2.24. The number of hydrogen-bond donors (Lipinski definition) is 1. The van der Waals surface area contributed by atoms with Crippen LogP contribution < -0.4 is 14.8 Å². The first-order valence-corrected chi connectivity index (χ1v) is 11.0. The molecule has 1 saturated heterocycles. The van der Waals surface area contributed by atoms with Crippen molar-refractivity contribution in [2.75, 3.05) is 6.79 Å². The van der Waals surface area contributed by atoms with E-state index in [9.17, 15) is 9.59 Å². The lowest BCUT2D eigenvalue weighted by atomic mass is 10.1. The summed E-state index contributed by atoms with van der Waals surface area (Å²) >= 11 is 0. The molecule has 3 heterocycles. The molecule has 2 aliphatic heterocycles. The summed E-state index contributed by atoms with van der Waals surface area (Å²) in [4.78, 5) is 31.9. The van der Waals surface area contributed by atoms with Gasteiger partial charge in [-0.05, 0) is 42.7 Å². The number of imidazole rings is 1. The van der Waals surface area contributed by atoms with Gasteiger partial charge in [-0.2, -0.15) is 0 Å². The number of aromatic nitrogens is 2. The standard InChI is InChI=1S/C24H26N4O4/c1-2-11-27-18-6-4-3-5-17(18)26-22(27)13-25-24(30)19-8-10-23(29)28(19)14-16-7-9-20-21(12-16)32-15-31-20/h3-7,9,12,19H,2,8,10-11,13-15H2,1H3,(H,25,30). The maximum absolute atomic E-state index is 13.0. The molecular formula is C24H26N4O4. The van der Waals surface area contributed by atoms with E-state index in [1.165, 1.54) is 0 Å². The lowest BCUT2D eigenvalue weighted by Crippen LogP contribution is -2.44. The fourth-order valence-electron chi connectivity index (χ4n) is 4.46. The summed E-state index contributed by atoms with van der Waals surface area (Å²) in [5, 5.41) is 3.02. The molecule has 5 rings (SSSR count). The molecule has 0 aliphatic carbocycles. The highest BCUT2D eigenvalue weighted by atomic mass is 16.7. The lowest BCUT2D eigenvalue weighted by molar-refractivity contribution is -0.135. The van der Waals surface area contributed by atoms with E-state index in [0.29, 0.717) is 37.4 Å². The van der Waals surface area contributed by atoms with Gasteiger partial charge in [-0.1, -0.05) is 25.1 Å². The minimum absolute atomic E-state index is 0.0129. The zero-order valence-electron chi connectivity index (χ0n) is 18.0. The fourth-order valence-corrected chi connectivity index (χ4v) is 4.46. The molecule has 1 aromatic heterocycles. The van der Waals surface area contributed by atoms with Crippen LogP contribution in [-0.4, -0.2) is 39.1 Å². The van der Waals surface area contributed by atoms with Crippen molar-refractivity contribution in [2.24, 2.45) is 0 Å². The van der Waals surface area contributed by atoms with Crippen molar-refractivity contribution in [3.8, 4) is 11.5 Å². The Morgan fingerprint density at radius 3 is 2.91 bits per heavy atom. The van der Waals surface area contributed by atoms with E-state index in [0.717, 1.165) is 35.4 Å². The summed E-state index contributed by atoms with van der Waals surface area (Å²) in [6.45, 7) is 3.85. The average molecular weight is 434 g/mol. The number of nitrogens with zero attached hydrogens (tertiary/aromatic N) is 3. The van der Waals surface area contributed by atoms with Crippen LogP contribution in [0.15, 0.2) is 42.5 Å². The molecule has 32 heavy (non-hydrogen) atoms. The van der Waals surface area contributed by atoms with Crippen LogP contribution in [0.25, 0.3) is 11.0 Å². The number of aryl methyl sites for hydroxylation is 1. The Balaban J connectivity index is 1.29. The first-order valence-electron chi connectivity index (χ1n) is 11.0. The van der Waals surface area contributed by atoms with Crippen molar-refractivity contribution >= 4 is 22.8 Å². The van der Waals surface area contributed by atoms with Crippen LogP contribution in [0.2, 0.25) is 0 Å². The van der Waals surface area contributed by atoms with Gasteiger partial charge in [-0.3, -0.25) is 9.59 Å². The molecule has 8 heteroatoms. The van der Waals surface area contributed by atoms with Gasteiger partial charge in [-0.15, -0.1) is 0 Å². The molecular weight excluding hydrogens is 408 g/mol. The maximum Gasteiger partial charge on any atom is 0.243 e. The second-order valence-electron chi connectivity index (χ2n) is 8.15. The molecule has 3 aromatic rings. The molecule has 2 aromatic carbocycles. The molecule has 1 atom stereocenters. The predicted molar refractivity (Wildman–Crippen MR) is 118 cm³/mol. The van der Waals surface area contributed by atoms with Gasteiger partial charge >= 0.3 is 0 Å². The van der Waals surface area contributed by atoms with E-state index in [1.54, 1.807) is 4.90 Å². The van der Waals surface area contributed by atoms with Gasteiger partial charge in [0.05, 0.1) is 17.6 Å². The monoisotopic (exact) mass is 434 g/mol. The largest absolute Gasteiger partial charge is 0.454 e. The van der Waals surface area contributed by atoms with Crippen molar-refractivity contribution in [2.45, 2.75) is 51.9 Å². The van der Waals surface area contributed by atoms with Crippen LogP contribution in [0.5, 0.6) is 11.5 Å². The molecule has 8 nitrogen and oxygen atoms in total. The normalized spacial score (nSPS) is 17.3. The third-order valence-corrected chi connectivity index (χ3v) is 6.02. The number of fused-ring (bicyclic) bond motifs is 2. The molecule has 0 bridgehead atoms. The Bertz CT molecular complexity index is 1170. The Labute approximate surface area is 186 Å². The highest BCUT2D eigenvalue weighted by Gasteiger charge is 2.36. The minimum Gasteiger partial charge on any atom is -0.454 e. The smallest absolute Gasteiger partial charge is 0.243 e. The van der Waals surface area contributed by atoms with E-state index in [1.807, 2.05) is 42.5 Å². The van der Waals surface area contributed by atoms with Crippen LogP contribution in [-0.2, 0) is 29.2 Å². The van der Waals surface area contributed by atoms with Gasteiger partial charge in [0.15, 0.2) is 11.5 Å². The molecule has 1 N–H and O–H groups in total. The van der Waals surface area contributed by atoms with Crippen molar-refractivity contribution < 1.29 is 19.1 Å². The van der Waals surface area contributed by atoms with E-state index >= 15 is 0 Å². The Morgan fingerprint density at radius 1 is 1.19 bits per heavy atom. The highest BCUT2D eigenvalue weighted by molar-refractivity contribution is 5.91. The number of hydrogen-bond acceptors (Lipinski definition) is 5. The van der Waals surface area contributed by atoms with Crippen molar-refractivity contribution in [3.05, 3.63) is 53.9 Å². The molecule has 2 amide bonds. The second kappa shape index (κ2) is 8.53. The molecule has 166 valence electrons. The fraction of sp³-hybridized carbons (Fsp3) is 0.375.